The summed E-state index contributed by atoms with van der Waals surface area (Å²) in [6, 6.07) is 8.35. The van der Waals surface area contributed by atoms with Crippen LogP contribution in [0, 0.1) is 0 Å². The van der Waals surface area contributed by atoms with E-state index in [2.05, 4.69) is 22.3 Å². The van der Waals surface area contributed by atoms with Crippen molar-refractivity contribution >= 4 is 11.7 Å². The molecule has 2 rings (SSSR count). The molecule has 0 saturated carbocycles. The van der Waals surface area contributed by atoms with Crippen LogP contribution in [0.2, 0.25) is 0 Å². The first-order chi connectivity index (χ1) is 10.1. The fraction of sp³-hybridized carbons (Fsp3) is 0.529. The standard InChI is InChI=1S/C17H24N2O2/c1-14(20)11-17(21)18-12-15-5-7-16(8-6-15)13-19-9-3-2-4-10-19/h5-8H,2-4,9-13H2,1H3,(H,18,21). The Morgan fingerprint density at radius 1 is 1.05 bits per heavy atom. The maximum Gasteiger partial charge on any atom is 0.227 e. The highest BCUT2D eigenvalue weighted by Crippen LogP contribution is 2.13. The van der Waals surface area contributed by atoms with Gasteiger partial charge in [-0.05, 0) is 44.0 Å². The Morgan fingerprint density at radius 3 is 2.29 bits per heavy atom. The molecule has 0 aromatic heterocycles. The monoisotopic (exact) mass is 288 g/mol. The van der Waals surface area contributed by atoms with E-state index in [-0.39, 0.29) is 18.1 Å². The summed E-state index contributed by atoms with van der Waals surface area (Å²) in [7, 11) is 0. The van der Waals surface area contributed by atoms with Crippen LogP contribution in [0.5, 0.6) is 0 Å². The quantitative estimate of drug-likeness (QED) is 0.817. The van der Waals surface area contributed by atoms with Crippen molar-refractivity contribution in [2.24, 2.45) is 0 Å². The highest BCUT2D eigenvalue weighted by Gasteiger charge is 2.10. The van der Waals surface area contributed by atoms with Crippen LogP contribution in [-0.2, 0) is 22.7 Å². The van der Waals surface area contributed by atoms with Crippen LogP contribution in [-0.4, -0.2) is 29.7 Å². The second kappa shape index (κ2) is 7.93. The number of nitrogens with one attached hydrogen (secondary N) is 1. The number of Topliss-reactive ketones (excluding diaryl/α,β-unsaturated/α-hetero) is 1. The minimum Gasteiger partial charge on any atom is -0.352 e. The zero-order valence-electron chi connectivity index (χ0n) is 12.7. The third-order valence-electron chi connectivity index (χ3n) is 3.78. The van der Waals surface area contributed by atoms with Crippen LogP contribution in [0.4, 0.5) is 0 Å². The second-order valence-corrected chi connectivity index (χ2v) is 5.81. The van der Waals surface area contributed by atoms with Crippen molar-refractivity contribution in [1.29, 1.82) is 0 Å². The molecule has 0 aliphatic carbocycles. The van der Waals surface area contributed by atoms with E-state index in [1.54, 1.807) is 0 Å². The van der Waals surface area contributed by atoms with E-state index < -0.39 is 0 Å². The van der Waals surface area contributed by atoms with Crippen LogP contribution in [0.25, 0.3) is 0 Å². The number of hydrogen-bond donors (Lipinski definition) is 1. The molecule has 1 aliphatic rings. The molecule has 0 atom stereocenters. The lowest BCUT2D eigenvalue weighted by atomic mass is 10.1. The molecule has 1 saturated heterocycles. The van der Waals surface area contributed by atoms with Crippen LogP contribution in [0.3, 0.4) is 0 Å². The van der Waals surface area contributed by atoms with Gasteiger partial charge in [-0.1, -0.05) is 30.7 Å². The topological polar surface area (TPSA) is 49.4 Å². The predicted molar refractivity (Wildman–Crippen MR) is 82.7 cm³/mol. The maximum absolute atomic E-state index is 11.4. The fourth-order valence-corrected chi connectivity index (χ4v) is 2.63. The number of piperidine rings is 1. The average molecular weight is 288 g/mol. The van der Waals surface area contributed by atoms with E-state index in [0.717, 1.165) is 12.1 Å². The Bertz CT molecular complexity index is 476. The number of rotatable bonds is 6. The molecule has 21 heavy (non-hydrogen) atoms. The lowest BCUT2D eigenvalue weighted by Gasteiger charge is -2.26. The summed E-state index contributed by atoms with van der Waals surface area (Å²) >= 11 is 0. The molecule has 0 radical (unpaired) electrons. The van der Waals surface area contributed by atoms with Crippen LogP contribution in [0.15, 0.2) is 24.3 Å². The van der Waals surface area contributed by atoms with Crippen molar-refractivity contribution < 1.29 is 9.59 Å². The van der Waals surface area contributed by atoms with E-state index in [9.17, 15) is 9.59 Å². The number of carbonyl (C=O) groups excluding carboxylic acids is 2. The number of hydrogen-bond acceptors (Lipinski definition) is 3. The Balaban J connectivity index is 1.78. The SMILES string of the molecule is CC(=O)CC(=O)NCc1ccc(CN2CCCCC2)cc1. The molecule has 1 fully saturated rings. The summed E-state index contributed by atoms with van der Waals surface area (Å²) in [6.07, 6.45) is 3.93. The van der Waals surface area contributed by atoms with E-state index in [1.165, 1.54) is 44.8 Å². The normalized spacial score (nSPS) is 15.7. The molecule has 1 aliphatic heterocycles. The summed E-state index contributed by atoms with van der Waals surface area (Å²) in [5, 5.41) is 2.76. The van der Waals surface area contributed by atoms with Crippen molar-refractivity contribution in [1.82, 2.24) is 10.2 Å². The number of ketones is 1. The predicted octanol–water partition coefficient (Wildman–Crippen LogP) is 2.27. The van der Waals surface area contributed by atoms with Crippen LogP contribution < -0.4 is 5.32 Å². The van der Waals surface area contributed by atoms with Gasteiger partial charge in [0.1, 0.15) is 5.78 Å². The maximum atomic E-state index is 11.4. The van der Waals surface area contributed by atoms with E-state index in [0.29, 0.717) is 6.54 Å². The third kappa shape index (κ3) is 5.68. The van der Waals surface area contributed by atoms with Gasteiger partial charge >= 0.3 is 0 Å². The van der Waals surface area contributed by atoms with Crippen molar-refractivity contribution in [3.05, 3.63) is 35.4 Å². The van der Waals surface area contributed by atoms with E-state index in [4.69, 9.17) is 0 Å². The highest BCUT2D eigenvalue weighted by atomic mass is 16.2. The molecule has 114 valence electrons. The zero-order chi connectivity index (χ0) is 15.1. The van der Waals surface area contributed by atoms with E-state index in [1.807, 2.05) is 12.1 Å². The number of nitrogens with zero attached hydrogens (tertiary/aromatic N) is 1. The second-order valence-electron chi connectivity index (χ2n) is 5.81. The number of carbonyl (C=O) groups is 2. The number of benzene rings is 1. The smallest absolute Gasteiger partial charge is 0.227 e. The van der Waals surface area contributed by atoms with Gasteiger partial charge in [0, 0.05) is 13.1 Å². The van der Waals surface area contributed by atoms with Crippen molar-refractivity contribution in [2.45, 2.75) is 45.7 Å². The average Bonchev–Trinajstić information content (AvgIpc) is 2.47. The van der Waals surface area contributed by atoms with Gasteiger partial charge in [0.2, 0.25) is 5.91 Å². The largest absolute Gasteiger partial charge is 0.352 e. The molecule has 1 heterocycles. The van der Waals surface area contributed by atoms with E-state index >= 15 is 0 Å². The van der Waals surface area contributed by atoms with Gasteiger partial charge in [-0.2, -0.15) is 0 Å². The van der Waals surface area contributed by atoms with Gasteiger partial charge in [0.15, 0.2) is 0 Å². The summed E-state index contributed by atoms with van der Waals surface area (Å²) in [6.45, 7) is 5.31. The van der Waals surface area contributed by atoms with Gasteiger partial charge in [-0.3, -0.25) is 14.5 Å². The van der Waals surface area contributed by atoms with Gasteiger partial charge in [0.05, 0.1) is 6.42 Å². The van der Waals surface area contributed by atoms with Crippen molar-refractivity contribution in [3.8, 4) is 0 Å². The first-order valence-electron chi connectivity index (χ1n) is 7.70. The third-order valence-corrected chi connectivity index (χ3v) is 3.78. The molecule has 4 heteroatoms. The van der Waals surface area contributed by atoms with Crippen molar-refractivity contribution in [2.75, 3.05) is 13.1 Å². The summed E-state index contributed by atoms with van der Waals surface area (Å²) < 4.78 is 0. The Hall–Kier alpha value is -1.68. The minimum absolute atomic E-state index is 0.0347. The number of amides is 1. The van der Waals surface area contributed by atoms with Crippen LogP contribution >= 0.6 is 0 Å². The Morgan fingerprint density at radius 2 is 1.67 bits per heavy atom. The molecular formula is C17H24N2O2. The fourth-order valence-electron chi connectivity index (χ4n) is 2.63. The molecule has 1 aromatic carbocycles. The van der Waals surface area contributed by atoms with Gasteiger partial charge < -0.3 is 5.32 Å². The minimum atomic E-state index is -0.208. The Kier molecular flexibility index (Phi) is 5.93. The molecular weight excluding hydrogens is 264 g/mol. The molecule has 4 nitrogen and oxygen atoms in total. The molecule has 1 amide bonds. The van der Waals surface area contributed by atoms with Gasteiger partial charge in [-0.25, -0.2) is 0 Å². The molecule has 0 bridgehead atoms. The highest BCUT2D eigenvalue weighted by molar-refractivity contribution is 5.96. The summed E-state index contributed by atoms with van der Waals surface area (Å²) in [4.78, 5) is 24.7. The summed E-state index contributed by atoms with van der Waals surface area (Å²) in [5.41, 5.74) is 2.38. The van der Waals surface area contributed by atoms with Crippen LogP contribution in [0.1, 0.15) is 43.7 Å². The zero-order valence-corrected chi connectivity index (χ0v) is 12.7. The van der Waals surface area contributed by atoms with Gasteiger partial charge in [-0.15, -0.1) is 0 Å². The van der Waals surface area contributed by atoms with Crippen molar-refractivity contribution in [3.63, 3.8) is 0 Å². The molecule has 0 spiro atoms. The molecule has 1 N–H and O–H groups in total. The lowest BCUT2D eigenvalue weighted by molar-refractivity contribution is -0.127. The number of likely N-dealkylation sites (tertiary alicyclic amines) is 1. The Labute approximate surface area is 126 Å². The molecule has 0 unspecified atom stereocenters. The first-order valence-corrected chi connectivity index (χ1v) is 7.70. The molecule has 1 aromatic rings. The first kappa shape index (κ1) is 15.7. The van der Waals surface area contributed by atoms with Gasteiger partial charge in [0.25, 0.3) is 0 Å². The summed E-state index contributed by atoms with van der Waals surface area (Å²) in [5.74, 6) is -0.315. The lowest BCUT2D eigenvalue weighted by Crippen LogP contribution is -2.29.